The quantitative estimate of drug-likeness (QED) is 0.276. The molecule has 11 heteroatoms. The number of hydrogen-bond acceptors (Lipinski definition) is 8. The van der Waals surface area contributed by atoms with Crippen molar-refractivity contribution in [2.45, 2.75) is 80.7 Å². The smallest absolute Gasteiger partial charge is 0.319 e. The molecular weight excluding hydrogens is 607 g/mol. The summed E-state index contributed by atoms with van der Waals surface area (Å²) in [5.74, 6) is -1.14. The number of halogens is 3. The fourth-order valence-electron chi connectivity index (χ4n) is 9.41. The molecule has 3 aromatic carbocycles. The summed E-state index contributed by atoms with van der Waals surface area (Å²) in [5.41, 5.74) is 0.471. The normalized spacial score (nSPS) is 29.6. The van der Waals surface area contributed by atoms with E-state index in [4.69, 9.17) is 14.5 Å². The summed E-state index contributed by atoms with van der Waals surface area (Å²) in [4.78, 5) is 13.8. The minimum Gasteiger partial charge on any atom is -0.508 e. The van der Waals surface area contributed by atoms with Gasteiger partial charge in [0.1, 0.15) is 36.5 Å². The molecule has 244 valence electrons. The summed E-state index contributed by atoms with van der Waals surface area (Å²) in [5, 5.41) is 16.1. The number of hydrogen-bond donors (Lipinski definition) is 2. The summed E-state index contributed by atoms with van der Waals surface area (Å²) in [7, 11) is 0. The van der Waals surface area contributed by atoms with Gasteiger partial charge < -0.3 is 24.8 Å². The molecule has 0 radical (unpaired) electrons. The van der Waals surface area contributed by atoms with Crippen LogP contribution in [0.4, 0.5) is 19.0 Å². The summed E-state index contributed by atoms with van der Waals surface area (Å²) < 4.78 is 61.5. The molecule has 0 amide bonds. The van der Waals surface area contributed by atoms with Crippen molar-refractivity contribution in [1.82, 2.24) is 20.2 Å². The lowest BCUT2D eigenvalue weighted by Gasteiger charge is -2.40. The molecule has 10 rings (SSSR count). The van der Waals surface area contributed by atoms with Gasteiger partial charge in [0.25, 0.3) is 0 Å². The van der Waals surface area contributed by atoms with Gasteiger partial charge in [-0.05, 0) is 85.0 Å². The zero-order valence-electron chi connectivity index (χ0n) is 25.9. The van der Waals surface area contributed by atoms with Crippen molar-refractivity contribution in [3.05, 3.63) is 47.5 Å². The number of piperazine rings is 1. The van der Waals surface area contributed by atoms with Gasteiger partial charge in [-0.15, -0.1) is 0 Å². The molecule has 6 heterocycles. The molecular formula is C36H36F3N5O3. The Bertz CT molecular complexity index is 1970. The molecule has 5 atom stereocenters. The molecule has 1 aromatic heterocycles. The van der Waals surface area contributed by atoms with Crippen LogP contribution in [-0.2, 0) is 0 Å². The van der Waals surface area contributed by atoms with E-state index >= 15 is 8.78 Å². The van der Waals surface area contributed by atoms with Gasteiger partial charge in [0, 0.05) is 31.6 Å². The number of aromatic nitrogens is 2. The molecule has 5 aliphatic heterocycles. The highest BCUT2D eigenvalue weighted by molar-refractivity contribution is 6.05. The second-order valence-corrected chi connectivity index (χ2v) is 14.5. The number of benzene rings is 3. The first-order chi connectivity index (χ1) is 22.9. The van der Waals surface area contributed by atoms with Gasteiger partial charge in [0.2, 0.25) is 0 Å². The van der Waals surface area contributed by atoms with Gasteiger partial charge >= 0.3 is 6.01 Å². The Morgan fingerprint density at radius 2 is 1.96 bits per heavy atom. The van der Waals surface area contributed by atoms with Crippen molar-refractivity contribution in [2.75, 3.05) is 37.7 Å². The SMILES string of the molecule is Oc1cc(-c2c(F)c3c4c(nc(OCC56CCCN5CC(F)C6)nc4c2F)N2CC4CCC(N4)C2CO3)c2c(C3CC3)cccc2c1. The predicted molar refractivity (Wildman–Crippen MR) is 171 cm³/mol. The standard InChI is InChI=1S/C36H36F3N5O3/c37-20-13-36(9-2-10-43(36)14-20)17-47-35-41-32-29-33(46-16-26-25-8-7-21(40-25)15-44(26)34(29)42-35)31(39)28(30(32)38)24-12-22(45)11-19-3-1-4-23(27(19)24)18-5-6-18/h1,3-4,11-12,18,20-21,25-26,40,45H,2,5-10,13-17H2. The van der Waals surface area contributed by atoms with E-state index in [0.29, 0.717) is 36.6 Å². The fraction of sp³-hybridized carbons (Fsp3) is 0.500. The number of phenolic OH excluding ortho intramolecular Hbond substituents is 1. The third-order valence-corrected chi connectivity index (χ3v) is 11.7. The van der Waals surface area contributed by atoms with Crippen LogP contribution in [0.5, 0.6) is 17.5 Å². The first-order valence-electron chi connectivity index (χ1n) is 17.0. The molecule has 6 aliphatic rings. The van der Waals surface area contributed by atoms with Gasteiger partial charge in [-0.2, -0.15) is 9.97 Å². The summed E-state index contributed by atoms with van der Waals surface area (Å²) >= 11 is 0. The number of nitrogens with one attached hydrogen (secondary N) is 1. The molecule has 47 heavy (non-hydrogen) atoms. The lowest BCUT2D eigenvalue weighted by Crippen LogP contribution is -2.60. The molecule has 4 aromatic rings. The van der Waals surface area contributed by atoms with Crippen molar-refractivity contribution in [3.8, 4) is 28.6 Å². The van der Waals surface area contributed by atoms with E-state index in [1.165, 1.54) is 6.07 Å². The zero-order chi connectivity index (χ0) is 31.6. The van der Waals surface area contributed by atoms with Crippen LogP contribution >= 0.6 is 0 Å². The third-order valence-electron chi connectivity index (χ3n) is 11.7. The lowest BCUT2D eigenvalue weighted by molar-refractivity contribution is 0.107. The van der Waals surface area contributed by atoms with Crippen molar-refractivity contribution < 1.29 is 27.8 Å². The van der Waals surface area contributed by atoms with Crippen LogP contribution in [0, 0.1) is 11.6 Å². The average Bonchev–Trinajstić information content (AvgIpc) is 3.67. The highest BCUT2D eigenvalue weighted by atomic mass is 19.1. The summed E-state index contributed by atoms with van der Waals surface area (Å²) in [6.07, 6.45) is 5.20. The second-order valence-electron chi connectivity index (χ2n) is 14.5. The van der Waals surface area contributed by atoms with Crippen LogP contribution in [0.2, 0.25) is 0 Å². The molecule has 5 fully saturated rings. The van der Waals surface area contributed by atoms with E-state index in [1.807, 2.05) is 18.2 Å². The van der Waals surface area contributed by atoms with Crippen molar-refractivity contribution in [3.63, 3.8) is 0 Å². The number of fused-ring (bicyclic) bond motifs is 7. The largest absolute Gasteiger partial charge is 0.508 e. The van der Waals surface area contributed by atoms with Gasteiger partial charge in [0.05, 0.1) is 22.5 Å². The molecule has 2 N–H and O–H groups in total. The topological polar surface area (TPSA) is 83.0 Å². The first kappa shape index (κ1) is 28.2. The lowest BCUT2D eigenvalue weighted by atomic mass is 9.91. The van der Waals surface area contributed by atoms with Gasteiger partial charge in [0.15, 0.2) is 17.4 Å². The number of nitrogens with zero attached hydrogens (tertiary/aromatic N) is 4. The fourth-order valence-corrected chi connectivity index (χ4v) is 9.41. The van der Waals surface area contributed by atoms with Crippen LogP contribution in [0.25, 0.3) is 32.8 Å². The maximum atomic E-state index is 17.2. The highest BCUT2D eigenvalue weighted by Crippen LogP contribution is 2.51. The Morgan fingerprint density at radius 1 is 1.06 bits per heavy atom. The van der Waals surface area contributed by atoms with Crippen molar-refractivity contribution >= 4 is 27.5 Å². The Labute approximate surface area is 269 Å². The van der Waals surface area contributed by atoms with E-state index < -0.39 is 23.3 Å². The van der Waals surface area contributed by atoms with E-state index in [1.54, 1.807) is 6.07 Å². The summed E-state index contributed by atoms with van der Waals surface area (Å²) in [6, 6.07) is 9.05. The highest BCUT2D eigenvalue weighted by Gasteiger charge is 2.50. The molecule has 0 spiro atoms. The molecule has 1 aliphatic carbocycles. The van der Waals surface area contributed by atoms with E-state index in [0.717, 1.165) is 56.0 Å². The van der Waals surface area contributed by atoms with Crippen LogP contribution < -0.4 is 19.7 Å². The maximum Gasteiger partial charge on any atom is 0.319 e. The van der Waals surface area contributed by atoms with E-state index in [2.05, 4.69) is 20.1 Å². The minimum atomic E-state index is -0.918. The number of anilines is 1. The Morgan fingerprint density at radius 3 is 2.83 bits per heavy atom. The predicted octanol–water partition coefficient (Wildman–Crippen LogP) is 5.97. The van der Waals surface area contributed by atoms with Gasteiger partial charge in [-0.25, -0.2) is 13.2 Å². The number of ether oxygens (including phenoxy) is 2. The molecule has 8 nitrogen and oxygen atoms in total. The van der Waals surface area contributed by atoms with E-state index in [9.17, 15) is 9.50 Å². The van der Waals surface area contributed by atoms with Gasteiger partial charge in [-0.3, -0.25) is 4.90 Å². The first-order valence-corrected chi connectivity index (χ1v) is 17.0. The van der Waals surface area contributed by atoms with Crippen molar-refractivity contribution in [1.29, 1.82) is 0 Å². The maximum absolute atomic E-state index is 17.2. The molecule has 4 saturated heterocycles. The van der Waals surface area contributed by atoms with Crippen LogP contribution in [-0.4, -0.2) is 82.7 Å². The van der Waals surface area contributed by atoms with E-state index in [-0.39, 0.29) is 70.9 Å². The Hall–Kier alpha value is -3.83. The monoisotopic (exact) mass is 643 g/mol. The van der Waals surface area contributed by atoms with Crippen LogP contribution in [0.1, 0.15) is 56.4 Å². The average molecular weight is 644 g/mol. The van der Waals surface area contributed by atoms with Crippen LogP contribution in [0.3, 0.4) is 0 Å². The van der Waals surface area contributed by atoms with Crippen LogP contribution in [0.15, 0.2) is 30.3 Å². The molecule has 1 saturated carbocycles. The van der Waals surface area contributed by atoms with Crippen molar-refractivity contribution in [2.24, 2.45) is 0 Å². The second kappa shape index (κ2) is 10.1. The number of aromatic hydroxyl groups is 1. The third kappa shape index (κ3) is 4.21. The zero-order valence-corrected chi connectivity index (χ0v) is 25.9. The summed E-state index contributed by atoms with van der Waals surface area (Å²) in [6.45, 7) is 2.20. The minimum absolute atomic E-state index is 0.00981. The Kier molecular flexibility index (Phi) is 6.05. The number of phenols is 1. The number of rotatable bonds is 5. The Balaban J connectivity index is 1.19. The molecule has 2 bridgehead atoms. The molecule has 5 unspecified atom stereocenters. The van der Waals surface area contributed by atoms with Gasteiger partial charge in [-0.1, -0.05) is 18.2 Å². The number of alkyl halides is 1.